The molecule has 2 bridgehead atoms. The Morgan fingerprint density at radius 2 is 1.60 bits per heavy atom. The Morgan fingerprint density at radius 1 is 0.915 bits per heavy atom. The Labute approximate surface area is 277 Å². The summed E-state index contributed by atoms with van der Waals surface area (Å²) in [5.74, 6) is 0.715. The number of rotatable bonds is 8. The van der Waals surface area contributed by atoms with E-state index in [0.29, 0.717) is 31.3 Å². The lowest BCUT2D eigenvalue weighted by Gasteiger charge is -2.64. The fraction of sp³-hybridized carbons (Fsp3) is 0.583. The minimum Gasteiger partial charge on any atom is -0.445 e. The fourth-order valence-corrected chi connectivity index (χ4v) is 8.80. The van der Waals surface area contributed by atoms with Crippen molar-refractivity contribution < 1.29 is 33.2 Å². The van der Waals surface area contributed by atoms with Crippen molar-refractivity contribution in [3.05, 3.63) is 71.8 Å². The molecule has 8 rings (SSSR count). The second-order valence-electron chi connectivity index (χ2n) is 14.7. The van der Waals surface area contributed by atoms with E-state index in [9.17, 15) is 14.4 Å². The van der Waals surface area contributed by atoms with Crippen LogP contribution in [0.3, 0.4) is 0 Å². The standard InChI is InChI=1S/C36H46BN3O7/c1-35(2)27-19-29(35)36(3)30(20-27)46-37(47-36)31-15-10-17-39(31)32(41)22-40(34(43)45-24-26-13-8-5-9-14-26)28-16-18-38(21-28)33(42)44-23-25-11-6-4-7-12-25/h4-9,11-14,27-31H,10,15-24H2,1-3H3/t27-,28-,29+,30+,31+,36-/m0/s1. The van der Waals surface area contributed by atoms with E-state index in [-0.39, 0.29) is 61.3 Å². The highest BCUT2D eigenvalue weighted by molar-refractivity contribution is 6.48. The number of hydrogen-bond acceptors (Lipinski definition) is 7. The zero-order valence-electron chi connectivity index (χ0n) is 27.7. The fourth-order valence-electron chi connectivity index (χ4n) is 8.80. The first kappa shape index (κ1) is 32.0. The Hall–Kier alpha value is -3.57. The summed E-state index contributed by atoms with van der Waals surface area (Å²) in [4.78, 5) is 45.6. The zero-order valence-corrected chi connectivity index (χ0v) is 27.7. The number of nitrogens with zero attached hydrogens (tertiary/aromatic N) is 3. The van der Waals surface area contributed by atoms with Crippen LogP contribution in [0.1, 0.15) is 64.0 Å². The van der Waals surface area contributed by atoms with Gasteiger partial charge in [0.15, 0.2) is 0 Å². The summed E-state index contributed by atoms with van der Waals surface area (Å²) < 4.78 is 24.6. The van der Waals surface area contributed by atoms with E-state index >= 15 is 0 Å². The third-order valence-corrected chi connectivity index (χ3v) is 11.7. The van der Waals surface area contributed by atoms with Crippen LogP contribution in [0, 0.1) is 17.3 Å². The van der Waals surface area contributed by atoms with Gasteiger partial charge in [-0.05, 0) is 67.4 Å². The molecule has 2 aromatic carbocycles. The molecule has 2 aromatic rings. The second-order valence-corrected chi connectivity index (χ2v) is 14.7. The van der Waals surface area contributed by atoms with Gasteiger partial charge in [-0.2, -0.15) is 0 Å². The second kappa shape index (κ2) is 12.8. The lowest BCUT2D eigenvalue weighted by Crippen LogP contribution is -2.65. The molecule has 3 heterocycles. The van der Waals surface area contributed by atoms with E-state index < -0.39 is 19.3 Å². The SMILES string of the molecule is CC1(C)[C@H]2C[C@H]1[C@]1(C)OB([C@H]3CCCN3C(=O)CN(C(=O)OCc3ccccc3)[C@H]3CCN(C(=O)OCc4ccccc4)C3)O[C@@H]1C2. The van der Waals surface area contributed by atoms with Gasteiger partial charge in [0.1, 0.15) is 19.8 Å². The molecule has 0 N–H and O–H groups in total. The van der Waals surface area contributed by atoms with Gasteiger partial charge in [0, 0.05) is 19.6 Å². The van der Waals surface area contributed by atoms with Crippen molar-refractivity contribution >= 4 is 25.2 Å². The highest BCUT2D eigenvalue weighted by Crippen LogP contribution is 2.66. The lowest BCUT2D eigenvalue weighted by molar-refractivity contribution is -0.199. The van der Waals surface area contributed by atoms with Gasteiger partial charge in [-0.3, -0.25) is 9.69 Å². The number of benzene rings is 2. The zero-order chi connectivity index (χ0) is 32.8. The smallest absolute Gasteiger partial charge is 0.445 e. The summed E-state index contributed by atoms with van der Waals surface area (Å²) in [6, 6.07) is 18.6. The van der Waals surface area contributed by atoms with Gasteiger partial charge in [0.2, 0.25) is 5.91 Å². The molecule has 0 unspecified atom stereocenters. The highest BCUT2D eigenvalue weighted by atomic mass is 16.7. The van der Waals surface area contributed by atoms with Crippen LogP contribution in [0.15, 0.2) is 60.7 Å². The molecule has 0 spiro atoms. The first-order chi connectivity index (χ1) is 22.6. The van der Waals surface area contributed by atoms with Gasteiger partial charge < -0.3 is 28.6 Å². The maximum Gasteiger partial charge on any atom is 0.481 e. The summed E-state index contributed by atoms with van der Waals surface area (Å²) in [5.41, 5.74) is 1.64. The molecule has 6 aliphatic rings. The predicted octanol–water partition coefficient (Wildman–Crippen LogP) is 5.29. The van der Waals surface area contributed by atoms with Crippen molar-refractivity contribution in [2.24, 2.45) is 17.3 Å². The molecule has 3 aliphatic carbocycles. The molecular weight excluding hydrogens is 597 g/mol. The quantitative estimate of drug-likeness (QED) is 0.361. The Morgan fingerprint density at radius 3 is 2.28 bits per heavy atom. The first-order valence-electron chi connectivity index (χ1n) is 17.2. The van der Waals surface area contributed by atoms with Crippen molar-refractivity contribution in [3.63, 3.8) is 0 Å². The maximum atomic E-state index is 14.1. The molecule has 3 saturated carbocycles. The van der Waals surface area contributed by atoms with Gasteiger partial charge in [-0.1, -0.05) is 74.5 Å². The summed E-state index contributed by atoms with van der Waals surface area (Å²) in [6.07, 6.45) is 3.35. The molecule has 10 nitrogen and oxygen atoms in total. The number of ether oxygens (including phenoxy) is 2. The van der Waals surface area contributed by atoms with Crippen LogP contribution in [-0.2, 0) is 36.8 Å². The van der Waals surface area contributed by atoms with Gasteiger partial charge in [0.25, 0.3) is 0 Å². The molecule has 0 radical (unpaired) electrons. The van der Waals surface area contributed by atoms with Gasteiger partial charge in [0.05, 0.1) is 23.7 Å². The van der Waals surface area contributed by atoms with Gasteiger partial charge >= 0.3 is 19.3 Å². The van der Waals surface area contributed by atoms with Crippen molar-refractivity contribution in [2.75, 3.05) is 26.2 Å². The molecule has 11 heteroatoms. The topological polar surface area (TPSA) is 97.9 Å². The number of amides is 3. The van der Waals surface area contributed by atoms with Crippen molar-refractivity contribution in [1.29, 1.82) is 0 Å². The predicted molar refractivity (Wildman–Crippen MR) is 175 cm³/mol. The van der Waals surface area contributed by atoms with Crippen molar-refractivity contribution in [2.45, 2.75) is 89.8 Å². The highest BCUT2D eigenvalue weighted by Gasteiger charge is 2.69. The molecule has 3 aliphatic heterocycles. The maximum absolute atomic E-state index is 14.1. The van der Waals surface area contributed by atoms with E-state index in [2.05, 4.69) is 20.8 Å². The van der Waals surface area contributed by atoms with Crippen molar-refractivity contribution in [3.8, 4) is 0 Å². The Kier molecular flexibility index (Phi) is 8.72. The van der Waals surface area contributed by atoms with E-state index in [1.807, 2.05) is 65.6 Å². The van der Waals surface area contributed by atoms with Crippen LogP contribution in [-0.4, -0.2) is 89.8 Å². The molecule has 3 saturated heterocycles. The number of carbonyl (C=O) groups is 3. The molecular formula is C36H46BN3O7. The summed E-state index contributed by atoms with van der Waals surface area (Å²) in [7, 11) is -0.480. The van der Waals surface area contributed by atoms with Crippen LogP contribution in [0.2, 0.25) is 0 Å². The van der Waals surface area contributed by atoms with Crippen LogP contribution in [0.5, 0.6) is 0 Å². The van der Waals surface area contributed by atoms with Crippen molar-refractivity contribution in [1.82, 2.24) is 14.7 Å². The minimum absolute atomic E-state index is 0.0393. The van der Waals surface area contributed by atoms with Crippen LogP contribution >= 0.6 is 0 Å². The summed E-state index contributed by atoms with van der Waals surface area (Å²) in [5, 5.41) is 0. The Balaban J connectivity index is 1.02. The third-order valence-electron chi connectivity index (χ3n) is 11.7. The van der Waals surface area contributed by atoms with E-state index in [1.165, 1.54) is 11.3 Å². The van der Waals surface area contributed by atoms with Crippen LogP contribution in [0.25, 0.3) is 0 Å². The van der Waals surface area contributed by atoms with E-state index in [0.717, 1.165) is 30.4 Å². The van der Waals surface area contributed by atoms with Crippen LogP contribution in [0.4, 0.5) is 9.59 Å². The monoisotopic (exact) mass is 643 g/mol. The normalized spacial score (nSPS) is 30.4. The number of carbonyl (C=O) groups excluding carboxylic acids is 3. The summed E-state index contributed by atoms with van der Waals surface area (Å²) in [6.45, 7) is 8.26. The molecule has 6 atom stereocenters. The molecule has 6 fully saturated rings. The minimum atomic E-state index is -0.573. The first-order valence-corrected chi connectivity index (χ1v) is 17.2. The average Bonchev–Trinajstić information content (AvgIpc) is 3.84. The van der Waals surface area contributed by atoms with Gasteiger partial charge in [-0.15, -0.1) is 0 Å². The average molecular weight is 644 g/mol. The van der Waals surface area contributed by atoms with E-state index in [4.69, 9.17) is 18.8 Å². The van der Waals surface area contributed by atoms with E-state index in [1.54, 1.807) is 4.90 Å². The molecule has 0 aromatic heterocycles. The molecule has 250 valence electrons. The van der Waals surface area contributed by atoms with Gasteiger partial charge in [-0.25, -0.2) is 9.59 Å². The third kappa shape index (κ3) is 6.12. The molecule has 3 amide bonds. The number of hydrogen-bond donors (Lipinski definition) is 0. The van der Waals surface area contributed by atoms with Crippen LogP contribution < -0.4 is 0 Å². The molecule has 47 heavy (non-hydrogen) atoms. The lowest BCUT2D eigenvalue weighted by atomic mass is 9.43. The summed E-state index contributed by atoms with van der Waals surface area (Å²) >= 11 is 0. The largest absolute Gasteiger partial charge is 0.481 e. The Bertz CT molecular complexity index is 1460. The number of likely N-dealkylation sites (tertiary alicyclic amines) is 2.